The molecule has 156 valence electrons. The minimum atomic E-state index is -0.109. The molecule has 31 heavy (non-hydrogen) atoms. The summed E-state index contributed by atoms with van der Waals surface area (Å²) in [7, 11) is 1.62. The number of hydrogen-bond donors (Lipinski definition) is 0. The summed E-state index contributed by atoms with van der Waals surface area (Å²) in [6, 6.07) is 21.5. The number of methoxy groups -OCH3 is 1. The molecule has 1 aliphatic heterocycles. The Morgan fingerprint density at radius 2 is 1.61 bits per heavy atom. The number of ether oxygens (including phenoxy) is 1. The lowest BCUT2D eigenvalue weighted by atomic mass is 10.1. The van der Waals surface area contributed by atoms with E-state index in [0.717, 1.165) is 32.5 Å². The van der Waals surface area contributed by atoms with Gasteiger partial charge in [-0.2, -0.15) is 0 Å². The minimum Gasteiger partial charge on any atom is -0.496 e. The van der Waals surface area contributed by atoms with Crippen LogP contribution in [-0.4, -0.2) is 18.2 Å². The van der Waals surface area contributed by atoms with Crippen LogP contribution < -0.4 is 9.64 Å². The van der Waals surface area contributed by atoms with E-state index >= 15 is 0 Å². The first-order valence-electron chi connectivity index (χ1n) is 9.74. The number of halogens is 1. The normalized spacial score (nSPS) is 16.4. The Morgan fingerprint density at radius 1 is 0.968 bits per heavy atom. The zero-order valence-corrected chi connectivity index (χ0v) is 19.8. The highest BCUT2D eigenvalue weighted by Gasteiger charge is 2.35. The first kappa shape index (κ1) is 21.4. The van der Waals surface area contributed by atoms with E-state index in [1.807, 2.05) is 86.7 Å². The average Bonchev–Trinajstić information content (AvgIpc) is 3.05. The van der Waals surface area contributed by atoms with Crippen LogP contribution in [0.3, 0.4) is 0 Å². The number of rotatable bonds is 4. The predicted molar refractivity (Wildman–Crippen MR) is 133 cm³/mol. The van der Waals surface area contributed by atoms with Crippen molar-refractivity contribution in [3.63, 3.8) is 0 Å². The van der Waals surface area contributed by atoms with Crippen LogP contribution in [0.5, 0.6) is 5.75 Å². The van der Waals surface area contributed by atoms with Gasteiger partial charge >= 0.3 is 0 Å². The summed E-state index contributed by atoms with van der Waals surface area (Å²) < 4.78 is 6.39. The number of carbonyl (C=O) groups is 1. The van der Waals surface area contributed by atoms with Crippen molar-refractivity contribution in [2.75, 3.05) is 12.0 Å². The van der Waals surface area contributed by atoms with Crippen LogP contribution in [0.15, 0.2) is 81.1 Å². The molecule has 3 aromatic rings. The van der Waals surface area contributed by atoms with E-state index in [4.69, 9.17) is 9.73 Å². The van der Waals surface area contributed by atoms with Crippen molar-refractivity contribution in [2.45, 2.75) is 13.8 Å². The third-order valence-corrected chi connectivity index (χ3v) is 6.30. The van der Waals surface area contributed by atoms with Gasteiger partial charge in [0.15, 0.2) is 5.17 Å². The van der Waals surface area contributed by atoms with Crippen molar-refractivity contribution in [3.05, 3.63) is 92.8 Å². The van der Waals surface area contributed by atoms with Gasteiger partial charge in [-0.3, -0.25) is 9.69 Å². The molecule has 1 saturated heterocycles. The Hall–Kier alpha value is -2.83. The molecule has 0 radical (unpaired) electrons. The van der Waals surface area contributed by atoms with Crippen molar-refractivity contribution in [1.29, 1.82) is 0 Å². The van der Waals surface area contributed by atoms with Gasteiger partial charge in [-0.1, -0.05) is 51.3 Å². The molecular formula is C25H21BrN2O2S. The van der Waals surface area contributed by atoms with Crippen LogP contribution in [0.1, 0.15) is 16.7 Å². The summed E-state index contributed by atoms with van der Waals surface area (Å²) in [5.41, 5.74) is 4.72. The molecule has 1 aliphatic rings. The van der Waals surface area contributed by atoms with Gasteiger partial charge in [0.2, 0.25) is 0 Å². The quantitative estimate of drug-likeness (QED) is 0.372. The summed E-state index contributed by atoms with van der Waals surface area (Å²) >= 11 is 4.86. The van der Waals surface area contributed by atoms with Crippen LogP contribution in [0.25, 0.3) is 6.08 Å². The highest BCUT2D eigenvalue weighted by atomic mass is 79.9. The molecule has 0 atom stereocenters. The fourth-order valence-corrected chi connectivity index (χ4v) is 4.53. The number of aliphatic imine (C=N–C) groups is 1. The molecule has 3 aromatic carbocycles. The molecule has 1 fully saturated rings. The van der Waals surface area contributed by atoms with Crippen LogP contribution in [-0.2, 0) is 4.79 Å². The molecule has 1 heterocycles. The number of amides is 1. The van der Waals surface area contributed by atoms with E-state index in [-0.39, 0.29) is 5.91 Å². The second-order valence-electron chi connectivity index (χ2n) is 7.20. The second-order valence-corrected chi connectivity index (χ2v) is 9.13. The third kappa shape index (κ3) is 4.75. The molecular weight excluding hydrogens is 472 g/mol. The number of nitrogens with zero attached hydrogens (tertiary/aromatic N) is 2. The van der Waals surface area contributed by atoms with E-state index in [2.05, 4.69) is 15.9 Å². The van der Waals surface area contributed by atoms with Crippen LogP contribution >= 0.6 is 27.7 Å². The first-order valence-corrected chi connectivity index (χ1v) is 11.3. The Bertz CT molecular complexity index is 1190. The monoisotopic (exact) mass is 492 g/mol. The Kier molecular flexibility index (Phi) is 6.30. The van der Waals surface area contributed by atoms with E-state index in [0.29, 0.717) is 15.8 Å². The molecule has 0 saturated carbocycles. The lowest BCUT2D eigenvalue weighted by Gasteiger charge is -2.16. The number of carbonyl (C=O) groups excluding carboxylic acids is 1. The van der Waals surface area contributed by atoms with Crippen molar-refractivity contribution >= 4 is 56.2 Å². The van der Waals surface area contributed by atoms with Gasteiger partial charge in [0, 0.05) is 10.0 Å². The van der Waals surface area contributed by atoms with Gasteiger partial charge in [-0.15, -0.1) is 0 Å². The van der Waals surface area contributed by atoms with E-state index < -0.39 is 0 Å². The van der Waals surface area contributed by atoms with Crippen molar-refractivity contribution in [1.82, 2.24) is 0 Å². The number of thioether (sulfide) groups is 1. The highest BCUT2D eigenvalue weighted by molar-refractivity contribution is 9.10. The average molecular weight is 493 g/mol. The van der Waals surface area contributed by atoms with Crippen molar-refractivity contribution in [3.8, 4) is 5.75 Å². The largest absolute Gasteiger partial charge is 0.496 e. The smallest absolute Gasteiger partial charge is 0.271 e. The second kappa shape index (κ2) is 9.12. The van der Waals surface area contributed by atoms with E-state index in [9.17, 15) is 4.79 Å². The van der Waals surface area contributed by atoms with Crippen molar-refractivity contribution in [2.24, 2.45) is 4.99 Å². The number of aryl methyl sites for hydroxylation is 2. The zero-order chi connectivity index (χ0) is 22.0. The van der Waals surface area contributed by atoms with Crippen LogP contribution in [0.2, 0.25) is 0 Å². The molecule has 4 rings (SSSR count). The molecule has 0 aliphatic carbocycles. The van der Waals surface area contributed by atoms with Gasteiger partial charge in [-0.05, 0) is 74.1 Å². The Balaban J connectivity index is 1.79. The summed E-state index contributed by atoms with van der Waals surface area (Å²) in [6.45, 7) is 4.06. The molecule has 0 N–H and O–H groups in total. The Morgan fingerprint density at radius 3 is 2.26 bits per heavy atom. The fourth-order valence-electron chi connectivity index (χ4n) is 3.16. The maximum Gasteiger partial charge on any atom is 0.271 e. The van der Waals surface area contributed by atoms with Crippen molar-refractivity contribution < 1.29 is 9.53 Å². The van der Waals surface area contributed by atoms with Gasteiger partial charge in [0.25, 0.3) is 5.91 Å². The molecule has 0 spiro atoms. The number of hydrogen-bond acceptors (Lipinski definition) is 4. The first-order chi connectivity index (χ1) is 14.9. The lowest BCUT2D eigenvalue weighted by Crippen LogP contribution is -2.28. The van der Waals surface area contributed by atoms with Gasteiger partial charge in [-0.25, -0.2) is 4.99 Å². The van der Waals surface area contributed by atoms with E-state index in [1.165, 1.54) is 11.8 Å². The third-order valence-electron chi connectivity index (χ3n) is 4.84. The zero-order valence-electron chi connectivity index (χ0n) is 17.4. The maximum absolute atomic E-state index is 13.4. The minimum absolute atomic E-state index is 0.109. The predicted octanol–water partition coefficient (Wildman–Crippen LogP) is 6.88. The SMILES string of the molecule is COc1ccc(Br)cc1C=C1SC(=Nc2ccc(C)cc2)N(c2ccc(C)cc2)C1=O. The summed E-state index contributed by atoms with van der Waals surface area (Å²) in [4.78, 5) is 20.5. The van der Waals surface area contributed by atoms with Gasteiger partial charge < -0.3 is 4.74 Å². The number of amidine groups is 1. The maximum atomic E-state index is 13.4. The molecule has 4 nitrogen and oxygen atoms in total. The highest BCUT2D eigenvalue weighted by Crippen LogP contribution is 2.38. The number of anilines is 1. The molecule has 6 heteroatoms. The van der Waals surface area contributed by atoms with Crippen LogP contribution in [0, 0.1) is 13.8 Å². The van der Waals surface area contributed by atoms with Gasteiger partial charge in [0.1, 0.15) is 5.75 Å². The summed E-state index contributed by atoms with van der Waals surface area (Å²) in [5, 5.41) is 0.623. The number of benzene rings is 3. The van der Waals surface area contributed by atoms with Gasteiger partial charge in [0.05, 0.1) is 23.4 Å². The summed E-state index contributed by atoms with van der Waals surface area (Å²) in [6.07, 6.45) is 1.86. The summed E-state index contributed by atoms with van der Waals surface area (Å²) in [5.74, 6) is 0.594. The standard InChI is InChI=1S/C25H21BrN2O2S/c1-16-4-9-20(10-5-16)27-25-28(21-11-6-17(2)7-12-21)24(29)23(31-25)15-18-14-19(26)8-13-22(18)30-3/h4-15H,1-3H3. The van der Waals surface area contributed by atoms with E-state index in [1.54, 1.807) is 12.0 Å². The molecule has 0 bridgehead atoms. The Labute approximate surface area is 194 Å². The lowest BCUT2D eigenvalue weighted by molar-refractivity contribution is -0.113. The molecule has 1 amide bonds. The van der Waals surface area contributed by atoms with Crippen LogP contribution in [0.4, 0.5) is 11.4 Å². The fraction of sp³-hybridized carbons (Fsp3) is 0.120. The topological polar surface area (TPSA) is 41.9 Å². The molecule has 0 aromatic heterocycles. The molecule has 0 unspecified atom stereocenters.